The number of aliphatic hydroxyl groups is 5. The Morgan fingerprint density at radius 2 is 1.09 bits per heavy atom. The van der Waals surface area contributed by atoms with Crippen LogP contribution in [0.4, 0.5) is 0 Å². The molecule has 2 rings (SSSR count). The predicted octanol–water partition coefficient (Wildman–Crippen LogP) is 7.67. The van der Waals surface area contributed by atoms with Gasteiger partial charge in [0.05, 0.1) is 23.4 Å². The van der Waals surface area contributed by atoms with Gasteiger partial charge in [0.25, 0.3) is 0 Å². The maximum atomic E-state index is 11.4. The van der Waals surface area contributed by atoms with E-state index in [0.29, 0.717) is 19.3 Å². The van der Waals surface area contributed by atoms with Crippen LogP contribution >= 0.6 is 0 Å². The molecule has 0 bridgehead atoms. The SMILES string of the molecule is C\C(C=C=C1C(C)(C)C[C@H](O)C[C@@]1(C)O)=C/C=C/C(C)=C/C=C/C=C(C)/C=C/C=C(C)/C=C/[C@]1(O)C(C)(C)C[C@H](O)C[C@]1(C)O. The predicted molar refractivity (Wildman–Crippen MR) is 187 cm³/mol. The Morgan fingerprint density at radius 1 is 0.622 bits per heavy atom. The summed E-state index contributed by atoms with van der Waals surface area (Å²) in [5.41, 5.74) is 3.34. The summed E-state index contributed by atoms with van der Waals surface area (Å²) in [6.45, 7) is 19.2. The Hall–Kier alpha value is -2.76. The van der Waals surface area contributed by atoms with Crippen LogP contribution in [0.15, 0.2) is 113 Å². The van der Waals surface area contributed by atoms with E-state index in [2.05, 4.69) is 5.73 Å². The summed E-state index contributed by atoms with van der Waals surface area (Å²) >= 11 is 0. The van der Waals surface area contributed by atoms with E-state index in [4.69, 9.17) is 0 Å². The Morgan fingerprint density at radius 3 is 1.60 bits per heavy atom. The molecule has 0 aromatic rings. The van der Waals surface area contributed by atoms with Crippen LogP contribution in [0.1, 0.15) is 94.9 Å². The van der Waals surface area contributed by atoms with Crippen LogP contribution in [0.2, 0.25) is 0 Å². The van der Waals surface area contributed by atoms with Gasteiger partial charge >= 0.3 is 0 Å². The van der Waals surface area contributed by atoms with Gasteiger partial charge in [0.2, 0.25) is 0 Å². The third-order valence-electron chi connectivity index (χ3n) is 9.12. The molecule has 0 radical (unpaired) electrons. The van der Waals surface area contributed by atoms with Gasteiger partial charge < -0.3 is 25.5 Å². The molecule has 5 nitrogen and oxygen atoms in total. The van der Waals surface area contributed by atoms with Crippen molar-refractivity contribution in [3.63, 3.8) is 0 Å². The highest BCUT2D eigenvalue weighted by Crippen LogP contribution is 2.50. The second-order valence-corrected chi connectivity index (χ2v) is 14.9. The molecule has 5 N–H and O–H groups in total. The van der Waals surface area contributed by atoms with Crippen LogP contribution in [0.5, 0.6) is 0 Å². The lowest BCUT2D eigenvalue weighted by atomic mass is 9.57. The minimum absolute atomic E-state index is 0.132. The number of allylic oxidation sites excluding steroid dienone is 15. The lowest BCUT2D eigenvalue weighted by molar-refractivity contribution is -0.216. The van der Waals surface area contributed by atoms with Crippen molar-refractivity contribution >= 4 is 0 Å². The smallest absolute Gasteiger partial charge is 0.117 e. The molecule has 2 aliphatic rings. The van der Waals surface area contributed by atoms with Crippen molar-refractivity contribution in [2.24, 2.45) is 10.8 Å². The molecular formula is C40H58O5. The first kappa shape index (κ1) is 38.4. The summed E-state index contributed by atoms with van der Waals surface area (Å²) in [5.74, 6) is 0. The van der Waals surface area contributed by atoms with Gasteiger partial charge in [0, 0.05) is 23.8 Å². The average molecular weight is 619 g/mol. The fourth-order valence-electron chi connectivity index (χ4n) is 6.74. The van der Waals surface area contributed by atoms with Crippen LogP contribution in [-0.4, -0.2) is 54.5 Å². The normalized spacial score (nSPS) is 33.5. The van der Waals surface area contributed by atoms with Crippen molar-refractivity contribution in [1.29, 1.82) is 0 Å². The van der Waals surface area contributed by atoms with E-state index in [1.54, 1.807) is 19.9 Å². The summed E-state index contributed by atoms with van der Waals surface area (Å²) in [5, 5.41) is 53.4. The van der Waals surface area contributed by atoms with E-state index in [-0.39, 0.29) is 11.8 Å². The molecule has 0 saturated heterocycles. The Bertz CT molecular complexity index is 1320. The zero-order valence-corrected chi connectivity index (χ0v) is 29.2. The molecule has 2 aliphatic carbocycles. The average Bonchev–Trinajstić information content (AvgIpc) is 2.86. The van der Waals surface area contributed by atoms with E-state index in [1.807, 2.05) is 128 Å². The molecule has 2 saturated carbocycles. The molecule has 0 aromatic heterocycles. The van der Waals surface area contributed by atoms with Crippen LogP contribution in [-0.2, 0) is 0 Å². The topological polar surface area (TPSA) is 101 Å². The first-order chi connectivity index (χ1) is 20.6. The van der Waals surface area contributed by atoms with Crippen molar-refractivity contribution in [3.8, 4) is 0 Å². The molecule has 0 unspecified atom stereocenters. The maximum absolute atomic E-state index is 11.4. The third-order valence-corrected chi connectivity index (χ3v) is 9.12. The van der Waals surface area contributed by atoms with E-state index in [1.165, 1.54) is 0 Å². The molecule has 5 atom stereocenters. The molecule has 2 fully saturated rings. The van der Waals surface area contributed by atoms with Crippen molar-refractivity contribution in [3.05, 3.63) is 113 Å². The van der Waals surface area contributed by atoms with Crippen molar-refractivity contribution in [2.45, 2.75) is 124 Å². The lowest BCUT2D eigenvalue weighted by Crippen LogP contribution is -2.65. The quantitative estimate of drug-likeness (QED) is 0.135. The first-order valence-electron chi connectivity index (χ1n) is 16.0. The van der Waals surface area contributed by atoms with Crippen molar-refractivity contribution in [2.75, 3.05) is 0 Å². The zero-order chi connectivity index (χ0) is 34.3. The summed E-state index contributed by atoms with van der Waals surface area (Å²) in [6.07, 6.45) is 25.8. The van der Waals surface area contributed by atoms with E-state index < -0.39 is 34.4 Å². The molecule has 45 heavy (non-hydrogen) atoms. The van der Waals surface area contributed by atoms with Gasteiger partial charge in [-0.25, -0.2) is 0 Å². The van der Waals surface area contributed by atoms with Gasteiger partial charge in [-0.2, -0.15) is 0 Å². The minimum atomic E-state index is -1.45. The Labute approximate surface area is 272 Å². The maximum Gasteiger partial charge on any atom is 0.117 e. The minimum Gasteiger partial charge on any atom is -0.393 e. The Balaban J connectivity index is 1.99. The fourth-order valence-corrected chi connectivity index (χ4v) is 6.74. The third kappa shape index (κ3) is 10.6. The van der Waals surface area contributed by atoms with Gasteiger partial charge in [-0.1, -0.05) is 111 Å². The lowest BCUT2D eigenvalue weighted by Gasteiger charge is -2.54. The van der Waals surface area contributed by atoms with E-state index in [0.717, 1.165) is 27.9 Å². The second kappa shape index (κ2) is 15.2. The first-order valence-corrected chi connectivity index (χ1v) is 16.0. The number of hydrogen-bond acceptors (Lipinski definition) is 5. The van der Waals surface area contributed by atoms with Gasteiger partial charge in [-0.15, -0.1) is 5.73 Å². The highest BCUT2D eigenvalue weighted by Gasteiger charge is 2.58. The largest absolute Gasteiger partial charge is 0.393 e. The Kier molecular flexibility index (Phi) is 13.0. The summed E-state index contributed by atoms with van der Waals surface area (Å²) in [7, 11) is 0. The molecule has 0 aliphatic heterocycles. The monoisotopic (exact) mass is 618 g/mol. The standard InChI is InChI=1S/C40H58O5/c1-29(17-13-19-31(3)21-22-35-36(5,6)25-33(41)27-38(35,9)43)15-11-12-16-30(2)18-14-20-32(4)23-24-40(45)37(7,8)26-34(42)28-39(40,10)44/h11-21,23-24,33-34,41-45H,25-28H2,1-10H3/b12-11+,17-13+,18-14+,24-23+,29-15+,30-16+,31-19+,32-20+/t22?,33-,34-,38+,39-,40-/m0/s1. The molecule has 5 heteroatoms. The number of hydrogen-bond donors (Lipinski definition) is 5. The fraction of sp³-hybridized carbons (Fsp3) is 0.525. The zero-order valence-electron chi connectivity index (χ0n) is 29.2. The molecule has 0 aromatic carbocycles. The van der Waals surface area contributed by atoms with Gasteiger partial charge in [0.15, 0.2) is 0 Å². The van der Waals surface area contributed by atoms with Crippen LogP contribution < -0.4 is 0 Å². The summed E-state index contributed by atoms with van der Waals surface area (Å²) < 4.78 is 0. The highest BCUT2D eigenvalue weighted by molar-refractivity contribution is 5.34. The van der Waals surface area contributed by atoms with Gasteiger partial charge in [-0.05, 0) is 77.5 Å². The molecule has 0 heterocycles. The number of aliphatic hydroxyl groups excluding tert-OH is 2. The van der Waals surface area contributed by atoms with E-state index >= 15 is 0 Å². The van der Waals surface area contributed by atoms with E-state index in [9.17, 15) is 25.5 Å². The van der Waals surface area contributed by atoms with Gasteiger partial charge in [0.1, 0.15) is 5.60 Å². The molecule has 0 spiro atoms. The van der Waals surface area contributed by atoms with Crippen molar-refractivity contribution < 1.29 is 25.5 Å². The van der Waals surface area contributed by atoms with Crippen LogP contribution in [0.3, 0.4) is 0 Å². The number of rotatable bonds is 9. The van der Waals surface area contributed by atoms with Crippen LogP contribution in [0, 0.1) is 10.8 Å². The van der Waals surface area contributed by atoms with Crippen molar-refractivity contribution in [1.82, 2.24) is 0 Å². The second-order valence-electron chi connectivity index (χ2n) is 14.9. The van der Waals surface area contributed by atoms with Gasteiger partial charge in [-0.3, -0.25) is 0 Å². The summed E-state index contributed by atoms with van der Waals surface area (Å²) in [6, 6.07) is 0. The van der Waals surface area contributed by atoms with Crippen LogP contribution in [0.25, 0.3) is 0 Å². The molecule has 0 amide bonds. The molecule has 248 valence electrons. The summed E-state index contributed by atoms with van der Waals surface area (Å²) in [4.78, 5) is 0. The molecular weight excluding hydrogens is 560 g/mol. The highest BCUT2D eigenvalue weighted by atomic mass is 16.4.